The van der Waals surface area contributed by atoms with Gasteiger partial charge in [-0.15, -0.1) is 0 Å². The largest absolute Gasteiger partial charge is 0.513 e. The number of allylic oxidation sites excluding steroid dienone is 2. The van der Waals surface area contributed by atoms with Crippen molar-refractivity contribution in [3.63, 3.8) is 0 Å². The highest BCUT2D eigenvalue weighted by molar-refractivity contribution is 6.35. The smallest absolute Gasteiger partial charge is 0.488 e. The van der Waals surface area contributed by atoms with Crippen molar-refractivity contribution in [1.82, 2.24) is 5.32 Å². The number of methoxy groups -OCH3 is 1. The molecule has 0 aliphatic carbocycles. The van der Waals surface area contributed by atoms with E-state index in [-0.39, 0.29) is 18.1 Å². The lowest BCUT2D eigenvalue weighted by molar-refractivity contribution is 0.0845. The van der Waals surface area contributed by atoms with Gasteiger partial charge in [-0.05, 0) is 32.0 Å². The fraction of sp³-hybridized carbons (Fsp3) is 0.217. The summed E-state index contributed by atoms with van der Waals surface area (Å²) in [4.78, 5) is 23.4. The fourth-order valence-electron chi connectivity index (χ4n) is 3.41. The molecule has 2 N–H and O–H groups in total. The molecule has 0 fully saturated rings. The predicted octanol–water partition coefficient (Wildman–Crippen LogP) is 6.20. The Kier molecular flexibility index (Phi) is 7.73. The number of carboxylic acid groups (broad SMARTS) is 1. The Morgan fingerprint density at radius 3 is 2.18 bits per heavy atom. The van der Waals surface area contributed by atoms with Gasteiger partial charge in [0.2, 0.25) is 0 Å². The van der Waals surface area contributed by atoms with Crippen LogP contribution in [0.15, 0.2) is 65.4 Å². The van der Waals surface area contributed by atoms with Gasteiger partial charge in [-0.2, -0.15) is 0 Å². The van der Waals surface area contributed by atoms with Crippen LogP contribution in [0.25, 0.3) is 0 Å². The zero-order valence-corrected chi connectivity index (χ0v) is 19.5. The highest BCUT2D eigenvalue weighted by Crippen LogP contribution is 2.43. The Balaban J connectivity index is 2.07. The number of para-hydroxylation sites is 1. The lowest BCUT2D eigenvalue weighted by Gasteiger charge is -2.30. The van der Waals surface area contributed by atoms with E-state index in [1.807, 2.05) is 0 Å². The van der Waals surface area contributed by atoms with E-state index >= 15 is 0 Å². The molecule has 0 amide bonds. The standard InChI is InChI=1S/C23H21Cl2NO7/c1-12-20(32-22(27)28)19(21(13(2)26-12)33-23(29)30-3)14-7-4-5-10-18(14)31-11-15-16(24)8-6-9-17(15)25/h4-10,19,26H,11H2,1-3H3,(H,27,28). The Morgan fingerprint density at radius 2 is 1.58 bits per heavy atom. The van der Waals surface area contributed by atoms with Crippen LogP contribution in [-0.4, -0.2) is 24.5 Å². The van der Waals surface area contributed by atoms with E-state index in [1.165, 1.54) is 7.11 Å². The van der Waals surface area contributed by atoms with Crippen LogP contribution in [0.2, 0.25) is 10.0 Å². The first-order valence-corrected chi connectivity index (χ1v) is 10.5. The molecule has 0 bridgehead atoms. The van der Waals surface area contributed by atoms with E-state index in [0.717, 1.165) is 0 Å². The summed E-state index contributed by atoms with van der Waals surface area (Å²) in [6.45, 7) is 3.38. The molecule has 10 heteroatoms. The molecule has 0 saturated carbocycles. The zero-order chi connectivity index (χ0) is 24.1. The maximum Gasteiger partial charge on any atom is 0.513 e. The number of rotatable bonds is 6. The molecule has 0 aromatic heterocycles. The third kappa shape index (κ3) is 5.53. The van der Waals surface area contributed by atoms with Crippen LogP contribution in [0.3, 0.4) is 0 Å². The van der Waals surface area contributed by atoms with E-state index in [0.29, 0.717) is 38.3 Å². The average molecular weight is 494 g/mol. The van der Waals surface area contributed by atoms with E-state index in [9.17, 15) is 14.7 Å². The maximum absolute atomic E-state index is 11.9. The summed E-state index contributed by atoms with van der Waals surface area (Å²) in [6, 6.07) is 12.0. The third-order valence-corrected chi connectivity index (χ3v) is 5.57. The van der Waals surface area contributed by atoms with Gasteiger partial charge in [0.1, 0.15) is 29.8 Å². The van der Waals surface area contributed by atoms with Gasteiger partial charge in [-0.25, -0.2) is 9.59 Å². The normalized spacial score (nSPS) is 15.6. The van der Waals surface area contributed by atoms with E-state index in [2.05, 4.69) is 10.1 Å². The number of carbonyl (C=O) groups is 2. The van der Waals surface area contributed by atoms with Crippen LogP contribution in [-0.2, 0) is 20.8 Å². The van der Waals surface area contributed by atoms with Crippen LogP contribution in [0.5, 0.6) is 5.75 Å². The van der Waals surface area contributed by atoms with E-state index < -0.39 is 18.2 Å². The highest BCUT2D eigenvalue weighted by Gasteiger charge is 2.37. The van der Waals surface area contributed by atoms with Gasteiger partial charge >= 0.3 is 12.3 Å². The Morgan fingerprint density at radius 1 is 0.970 bits per heavy atom. The first kappa shape index (κ1) is 24.3. The van der Waals surface area contributed by atoms with Crippen LogP contribution < -0.4 is 10.1 Å². The number of hydrogen-bond donors (Lipinski definition) is 2. The molecule has 2 aromatic carbocycles. The van der Waals surface area contributed by atoms with Crippen molar-refractivity contribution < 1.29 is 33.6 Å². The fourth-order valence-corrected chi connectivity index (χ4v) is 3.91. The molecule has 0 saturated heterocycles. The van der Waals surface area contributed by atoms with Crippen molar-refractivity contribution in [2.45, 2.75) is 26.4 Å². The monoisotopic (exact) mass is 493 g/mol. The van der Waals surface area contributed by atoms with Gasteiger partial charge in [0.05, 0.1) is 18.5 Å². The first-order valence-electron chi connectivity index (χ1n) is 9.72. The summed E-state index contributed by atoms with van der Waals surface area (Å²) in [5.41, 5.74) is 1.99. The number of carbonyl (C=O) groups excluding carboxylic acids is 1. The van der Waals surface area contributed by atoms with Gasteiger partial charge < -0.3 is 29.4 Å². The van der Waals surface area contributed by atoms with Gasteiger partial charge in [0, 0.05) is 21.2 Å². The van der Waals surface area contributed by atoms with Crippen molar-refractivity contribution >= 4 is 35.5 Å². The molecular weight excluding hydrogens is 473 g/mol. The molecule has 1 atom stereocenters. The topological polar surface area (TPSA) is 103 Å². The number of benzene rings is 2. The summed E-state index contributed by atoms with van der Waals surface area (Å²) < 4.78 is 21.1. The number of halogens is 2. The highest BCUT2D eigenvalue weighted by atomic mass is 35.5. The van der Waals surface area contributed by atoms with E-state index in [1.54, 1.807) is 56.3 Å². The second-order valence-corrected chi connectivity index (χ2v) is 7.80. The summed E-state index contributed by atoms with van der Waals surface area (Å²) in [5.74, 6) is -0.396. The second-order valence-electron chi connectivity index (χ2n) is 6.99. The minimum Gasteiger partial charge on any atom is -0.488 e. The average Bonchev–Trinajstić information content (AvgIpc) is 2.77. The minimum atomic E-state index is -1.52. The number of hydrogen-bond acceptors (Lipinski definition) is 7. The lowest BCUT2D eigenvalue weighted by Crippen LogP contribution is -2.29. The summed E-state index contributed by atoms with van der Waals surface area (Å²) >= 11 is 12.5. The molecule has 2 aromatic rings. The maximum atomic E-state index is 11.9. The van der Waals surface area contributed by atoms with Gasteiger partial charge in [-0.3, -0.25) is 0 Å². The van der Waals surface area contributed by atoms with Crippen molar-refractivity contribution in [3.05, 3.63) is 86.5 Å². The molecule has 1 aliphatic heterocycles. The molecule has 0 spiro atoms. The second kappa shape index (κ2) is 10.5. The molecule has 8 nitrogen and oxygen atoms in total. The minimum absolute atomic E-state index is 0.0267. The van der Waals surface area contributed by atoms with Crippen molar-refractivity contribution in [2.24, 2.45) is 0 Å². The Labute approximate surface area is 200 Å². The SMILES string of the molecule is COC(=O)OC1=C(C)NC(C)=C(OC(=O)O)C1c1ccccc1OCc1c(Cl)cccc1Cl. The van der Waals surface area contributed by atoms with Crippen LogP contribution in [0, 0.1) is 0 Å². The molecular formula is C23H21Cl2NO7. The van der Waals surface area contributed by atoms with Gasteiger partial charge in [-0.1, -0.05) is 47.5 Å². The molecule has 174 valence electrons. The van der Waals surface area contributed by atoms with Crippen molar-refractivity contribution in [2.75, 3.05) is 7.11 Å². The number of dihydropyridines is 1. The lowest BCUT2D eigenvalue weighted by atomic mass is 9.90. The summed E-state index contributed by atoms with van der Waals surface area (Å²) in [6.07, 6.45) is -2.49. The van der Waals surface area contributed by atoms with Crippen LogP contribution in [0.1, 0.15) is 30.9 Å². The Hall–Kier alpha value is -3.36. The molecule has 33 heavy (non-hydrogen) atoms. The molecule has 1 heterocycles. The predicted molar refractivity (Wildman–Crippen MR) is 121 cm³/mol. The molecule has 0 radical (unpaired) electrons. The van der Waals surface area contributed by atoms with Crippen LogP contribution >= 0.6 is 23.2 Å². The molecule has 3 rings (SSSR count). The molecule has 1 aliphatic rings. The zero-order valence-electron chi connectivity index (χ0n) is 18.0. The first-order chi connectivity index (χ1) is 15.7. The number of nitrogens with one attached hydrogen (secondary N) is 1. The summed E-state index contributed by atoms with van der Waals surface area (Å²) in [7, 11) is 1.17. The van der Waals surface area contributed by atoms with Gasteiger partial charge in [0.25, 0.3) is 0 Å². The summed E-state index contributed by atoms with van der Waals surface area (Å²) in [5, 5.41) is 13.2. The van der Waals surface area contributed by atoms with E-state index in [4.69, 9.17) is 37.4 Å². The third-order valence-electron chi connectivity index (χ3n) is 4.86. The van der Waals surface area contributed by atoms with Crippen molar-refractivity contribution in [1.29, 1.82) is 0 Å². The van der Waals surface area contributed by atoms with Gasteiger partial charge in [0.15, 0.2) is 0 Å². The van der Waals surface area contributed by atoms with Crippen molar-refractivity contribution in [3.8, 4) is 5.75 Å². The number of ether oxygens (including phenoxy) is 4. The molecule has 1 unspecified atom stereocenters. The Bertz CT molecular complexity index is 1120. The quantitative estimate of drug-likeness (QED) is 0.458. The van der Waals surface area contributed by atoms with Crippen LogP contribution in [0.4, 0.5) is 9.59 Å².